The SMILES string of the molecule is FC(F)(F)c1ccccc1C1CCCC=N1. The van der Waals surface area contributed by atoms with Gasteiger partial charge < -0.3 is 0 Å². The van der Waals surface area contributed by atoms with Crippen LogP contribution in [0.1, 0.15) is 36.4 Å². The fourth-order valence-electron chi connectivity index (χ4n) is 1.96. The molecule has 0 spiro atoms. The zero-order valence-electron chi connectivity index (χ0n) is 8.67. The van der Waals surface area contributed by atoms with E-state index >= 15 is 0 Å². The summed E-state index contributed by atoms with van der Waals surface area (Å²) in [6, 6.07) is 5.37. The van der Waals surface area contributed by atoms with Crippen molar-refractivity contribution < 1.29 is 13.2 Å². The van der Waals surface area contributed by atoms with Crippen LogP contribution in [0.4, 0.5) is 13.2 Å². The van der Waals surface area contributed by atoms with E-state index in [0.717, 1.165) is 18.9 Å². The summed E-state index contributed by atoms with van der Waals surface area (Å²) in [5, 5.41) is 0. The van der Waals surface area contributed by atoms with Gasteiger partial charge in [-0.2, -0.15) is 13.2 Å². The largest absolute Gasteiger partial charge is 0.416 e. The minimum atomic E-state index is -4.29. The van der Waals surface area contributed by atoms with Crippen molar-refractivity contribution >= 4 is 6.21 Å². The maximum Gasteiger partial charge on any atom is 0.416 e. The summed E-state index contributed by atoms with van der Waals surface area (Å²) in [6.45, 7) is 0. The molecule has 0 bridgehead atoms. The second-order valence-corrected chi connectivity index (χ2v) is 3.86. The monoisotopic (exact) mass is 227 g/mol. The van der Waals surface area contributed by atoms with Crippen LogP contribution in [0.3, 0.4) is 0 Å². The number of hydrogen-bond acceptors (Lipinski definition) is 1. The van der Waals surface area contributed by atoms with Gasteiger partial charge in [-0.3, -0.25) is 4.99 Å². The second kappa shape index (κ2) is 4.28. The average molecular weight is 227 g/mol. The molecule has 1 unspecified atom stereocenters. The Kier molecular flexibility index (Phi) is 2.99. The lowest BCUT2D eigenvalue weighted by Crippen LogP contribution is -2.12. The molecule has 4 heteroatoms. The summed E-state index contributed by atoms with van der Waals surface area (Å²) in [7, 11) is 0. The highest BCUT2D eigenvalue weighted by atomic mass is 19.4. The van der Waals surface area contributed by atoms with Crippen LogP contribution in [0, 0.1) is 0 Å². The predicted molar refractivity (Wildman–Crippen MR) is 56.5 cm³/mol. The molecule has 2 rings (SSSR count). The third-order valence-corrected chi connectivity index (χ3v) is 2.72. The van der Waals surface area contributed by atoms with Gasteiger partial charge in [0.05, 0.1) is 11.6 Å². The van der Waals surface area contributed by atoms with E-state index in [9.17, 15) is 13.2 Å². The van der Waals surface area contributed by atoms with Gasteiger partial charge in [-0.05, 0) is 37.1 Å². The molecule has 0 radical (unpaired) electrons. The lowest BCUT2D eigenvalue weighted by atomic mass is 9.95. The number of hydrogen-bond donors (Lipinski definition) is 0. The highest BCUT2D eigenvalue weighted by molar-refractivity contribution is 5.59. The molecule has 1 aliphatic rings. The molecule has 0 amide bonds. The molecular formula is C12H12F3N. The van der Waals surface area contributed by atoms with Gasteiger partial charge in [0.1, 0.15) is 0 Å². The van der Waals surface area contributed by atoms with Crippen molar-refractivity contribution in [2.45, 2.75) is 31.5 Å². The molecule has 1 aromatic carbocycles. The lowest BCUT2D eigenvalue weighted by molar-refractivity contribution is -0.138. The van der Waals surface area contributed by atoms with Crippen LogP contribution in [0.2, 0.25) is 0 Å². The normalized spacial score (nSPS) is 21.1. The first-order valence-electron chi connectivity index (χ1n) is 5.27. The molecule has 1 aromatic rings. The summed E-state index contributed by atoms with van der Waals surface area (Å²) >= 11 is 0. The van der Waals surface area contributed by atoms with Gasteiger partial charge in [-0.25, -0.2) is 0 Å². The van der Waals surface area contributed by atoms with Gasteiger partial charge in [0, 0.05) is 0 Å². The maximum atomic E-state index is 12.8. The third kappa shape index (κ3) is 2.26. The van der Waals surface area contributed by atoms with E-state index in [1.807, 2.05) is 0 Å². The van der Waals surface area contributed by atoms with Crippen molar-refractivity contribution in [1.82, 2.24) is 0 Å². The van der Waals surface area contributed by atoms with Crippen LogP contribution in [0.5, 0.6) is 0 Å². The Balaban J connectivity index is 2.40. The van der Waals surface area contributed by atoms with Crippen LogP contribution < -0.4 is 0 Å². The first-order chi connectivity index (χ1) is 7.59. The highest BCUT2D eigenvalue weighted by Gasteiger charge is 2.34. The van der Waals surface area contributed by atoms with Crippen molar-refractivity contribution in [2.24, 2.45) is 4.99 Å². The molecule has 0 fully saturated rings. The number of alkyl halides is 3. The van der Waals surface area contributed by atoms with Gasteiger partial charge in [0.25, 0.3) is 0 Å². The Morgan fingerprint density at radius 3 is 2.56 bits per heavy atom. The predicted octanol–water partition coefficient (Wildman–Crippen LogP) is 4.00. The van der Waals surface area contributed by atoms with Crippen molar-refractivity contribution in [3.05, 3.63) is 35.4 Å². The second-order valence-electron chi connectivity index (χ2n) is 3.86. The highest BCUT2D eigenvalue weighted by Crippen LogP contribution is 2.37. The smallest absolute Gasteiger partial charge is 0.289 e. The van der Waals surface area contributed by atoms with Crippen molar-refractivity contribution in [2.75, 3.05) is 0 Å². The summed E-state index contributed by atoms with van der Waals surface area (Å²) < 4.78 is 38.3. The van der Waals surface area contributed by atoms with Gasteiger partial charge >= 0.3 is 6.18 Å². The molecule has 1 nitrogen and oxygen atoms in total. The van der Waals surface area contributed by atoms with Crippen LogP contribution in [-0.4, -0.2) is 6.21 Å². The number of halogens is 3. The molecule has 0 aliphatic carbocycles. The van der Waals surface area contributed by atoms with Gasteiger partial charge in [0.2, 0.25) is 0 Å². The quantitative estimate of drug-likeness (QED) is 0.687. The first-order valence-corrected chi connectivity index (χ1v) is 5.27. The van der Waals surface area contributed by atoms with Crippen molar-refractivity contribution in [3.63, 3.8) is 0 Å². The van der Waals surface area contributed by atoms with Gasteiger partial charge in [0.15, 0.2) is 0 Å². The zero-order valence-corrected chi connectivity index (χ0v) is 8.67. The minimum Gasteiger partial charge on any atom is -0.289 e. The van der Waals surface area contributed by atoms with Crippen LogP contribution in [-0.2, 0) is 6.18 Å². The maximum absolute atomic E-state index is 12.8. The number of benzene rings is 1. The molecule has 0 saturated heterocycles. The topological polar surface area (TPSA) is 12.4 Å². The summed E-state index contributed by atoms with van der Waals surface area (Å²) in [6.07, 6.45) is -0.0977. The zero-order chi connectivity index (χ0) is 11.6. The Bertz CT molecular complexity index is 395. The fourth-order valence-corrected chi connectivity index (χ4v) is 1.96. The van der Waals surface area contributed by atoms with Crippen LogP contribution >= 0.6 is 0 Å². The summed E-state index contributed by atoms with van der Waals surface area (Å²) in [5.41, 5.74) is -0.259. The molecule has 86 valence electrons. The molecule has 0 N–H and O–H groups in total. The molecule has 0 saturated carbocycles. The van der Waals surface area contributed by atoms with E-state index in [0.29, 0.717) is 12.0 Å². The number of aliphatic imine (C=N–C) groups is 1. The Labute approximate surface area is 92.0 Å². The van der Waals surface area contributed by atoms with Crippen LogP contribution in [0.15, 0.2) is 29.3 Å². The standard InChI is InChI=1S/C12H12F3N/c13-12(14,15)10-6-2-1-5-9(10)11-7-3-4-8-16-11/h1-2,5-6,8,11H,3-4,7H2. The Morgan fingerprint density at radius 2 is 1.94 bits per heavy atom. The van der Waals surface area contributed by atoms with Crippen LogP contribution in [0.25, 0.3) is 0 Å². The Morgan fingerprint density at radius 1 is 1.19 bits per heavy atom. The average Bonchev–Trinajstić information content (AvgIpc) is 2.29. The van der Waals surface area contributed by atoms with E-state index in [2.05, 4.69) is 4.99 Å². The van der Waals surface area contributed by atoms with E-state index in [-0.39, 0.29) is 6.04 Å². The van der Waals surface area contributed by atoms with Gasteiger partial charge in [-0.1, -0.05) is 18.2 Å². The van der Waals surface area contributed by atoms with Crippen molar-refractivity contribution in [3.8, 4) is 0 Å². The first kappa shape index (κ1) is 11.2. The molecule has 16 heavy (non-hydrogen) atoms. The van der Waals surface area contributed by atoms with E-state index < -0.39 is 11.7 Å². The molecule has 1 atom stereocenters. The minimum absolute atomic E-state index is 0.297. The fraction of sp³-hybridized carbons (Fsp3) is 0.417. The van der Waals surface area contributed by atoms with Crippen molar-refractivity contribution in [1.29, 1.82) is 0 Å². The lowest BCUT2D eigenvalue weighted by Gasteiger charge is -2.20. The number of rotatable bonds is 1. The Hall–Kier alpha value is -1.32. The molecule has 1 aliphatic heterocycles. The van der Waals surface area contributed by atoms with Gasteiger partial charge in [-0.15, -0.1) is 0 Å². The molecule has 0 aromatic heterocycles. The molecule has 1 heterocycles. The van der Waals surface area contributed by atoms with E-state index in [4.69, 9.17) is 0 Å². The van der Waals surface area contributed by atoms with E-state index in [1.165, 1.54) is 12.1 Å². The summed E-state index contributed by atoms with van der Waals surface area (Å²) in [5.74, 6) is 0. The molecular weight excluding hydrogens is 215 g/mol. The summed E-state index contributed by atoms with van der Waals surface area (Å²) in [4.78, 5) is 4.15. The van der Waals surface area contributed by atoms with E-state index in [1.54, 1.807) is 12.3 Å². The third-order valence-electron chi connectivity index (χ3n) is 2.72. The number of nitrogens with zero attached hydrogens (tertiary/aromatic N) is 1.